The molecule has 3 heterocycles. The number of pyridine rings is 1. The summed E-state index contributed by atoms with van der Waals surface area (Å²) in [6, 6.07) is 22.8. The predicted octanol–water partition coefficient (Wildman–Crippen LogP) is 4.53. The van der Waals surface area contributed by atoms with Crippen molar-refractivity contribution >= 4 is 22.7 Å². The molecule has 0 radical (unpaired) electrons. The topological polar surface area (TPSA) is 75.4 Å². The molecule has 4 aromatic rings. The molecule has 0 bridgehead atoms. The lowest BCUT2D eigenvalue weighted by atomic mass is 10.0. The molecular formula is C26H23N3O3. The summed E-state index contributed by atoms with van der Waals surface area (Å²) < 4.78 is 5.22. The Morgan fingerprint density at radius 1 is 0.938 bits per heavy atom. The Balaban J connectivity index is 1.34. The van der Waals surface area contributed by atoms with Crippen LogP contribution in [-0.4, -0.2) is 40.8 Å². The lowest BCUT2D eigenvalue weighted by Gasteiger charge is -2.32. The van der Waals surface area contributed by atoms with Gasteiger partial charge in [0.1, 0.15) is 0 Å². The second-order valence-electron chi connectivity index (χ2n) is 7.96. The van der Waals surface area contributed by atoms with Gasteiger partial charge in [-0.15, -0.1) is 0 Å². The van der Waals surface area contributed by atoms with E-state index in [0.29, 0.717) is 37.3 Å². The molecule has 6 heteroatoms. The summed E-state index contributed by atoms with van der Waals surface area (Å²) in [6.45, 7) is 1.16. The average Bonchev–Trinajstić information content (AvgIpc) is 3.39. The Morgan fingerprint density at radius 2 is 1.69 bits per heavy atom. The van der Waals surface area contributed by atoms with Crippen LogP contribution < -0.4 is 5.32 Å². The van der Waals surface area contributed by atoms with Gasteiger partial charge in [0.05, 0.1) is 23.0 Å². The van der Waals surface area contributed by atoms with Gasteiger partial charge < -0.3 is 14.6 Å². The molecule has 160 valence electrons. The van der Waals surface area contributed by atoms with Crippen LogP contribution in [0.4, 0.5) is 0 Å². The fourth-order valence-corrected chi connectivity index (χ4v) is 4.17. The molecule has 2 aromatic heterocycles. The Kier molecular flexibility index (Phi) is 5.42. The summed E-state index contributed by atoms with van der Waals surface area (Å²) in [4.78, 5) is 32.3. The van der Waals surface area contributed by atoms with Crippen LogP contribution in [0.25, 0.3) is 22.2 Å². The highest BCUT2D eigenvalue weighted by molar-refractivity contribution is 6.07. The van der Waals surface area contributed by atoms with Crippen molar-refractivity contribution in [2.45, 2.75) is 18.9 Å². The quantitative estimate of drug-likeness (QED) is 0.521. The summed E-state index contributed by atoms with van der Waals surface area (Å²) in [5, 5.41) is 4.00. The molecule has 0 atom stereocenters. The van der Waals surface area contributed by atoms with Crippen LogP contribution in [0, 0.1) is 0 Å². The first kappa shape index (κ1) is 20.0. The van der Waals surface area contributed by atoms with E-state index in [0.717, 1.165) is 22.2 Å². The molecule has 0 saturated carbocycles. The number of rotatable bonds is 4. The number of hydrogen-bond acceptors (Lipinski definition) is 4. The lowest BCUT2D eigenvalue weighted by molar-refractivity contribution is 0.0667. The van der Waals surface area contributed by atoms with Gasteiger partial charge in [0.15, 0.2) is 5.76 Å². The minimum absolute atomic E-state index is 0.00949. The number of nitrogens with one attached hydrogen (secondary N) is 1. The van der Waals surface area contributed by atoms with Gasteiger partial charge in [-0.25, -0.2) is 4.98 Å². The zero-order chi connectivity index (χ0) is 21.9. The Labute approximate surface area is 185 Å². The maximum absolute atomic E-state index is 13.3. The third kappa shape index (κ3) is 3.99. The first-order valence-corrected chi connectivity index (χ1v) is 10.8. The number of amides is 2. The van der Waals surface area contributed by atoms with E-state index in [-0.39, 0.29) is 17.9 Å². The summed E-state index contributed by atoms with van der Waals surface area (Å²) in [7, 11) is 0. The number of piperidine rings is 1. The summed E-state index contributed by atoms with van der Waals surface area (Å²) in [5.41, 5.74) is 3.15. The standard InChI is InChI=1S/C26H23N3O3/c30-25(27-19-12-14-29(15-13-19)26(31)24-11-6-16-32-24)21-17-23(18-7-2-1-3-8-18)28-22-10-5-4-9-20(21)22/h1-11,16-17,19H,12-15H2,(H,27,30). The largest absolute Gasteiger partial charge is 0.459 e. The van der Waals surface area contributed by atoms with Crippen molar-refractivity contribution in [2.75, 3.05) is 13.1 Å². The van der Waals surface area contributed by atoms with Crippen molar-refractivity contribution in [3.05, 3.63) is 90.4 Å². The minimum Gasteiger partial charge on any atom is -0.459 e. The Bertz CT molecular complexity index is 1240. The van der Waals surface area contributed by atoms with Crippen LogP contribution in [0.2, 0.25) is 0 Å². The molecule has 2 aromatic carbocycles. The third-order valence-electron chi connectivity index (χ3n) is 5.88. The van der Waals surface area contributed by atoms with E-state index in [2.05, 4.69) is 5.32 Å². The smallest absolute Gasteiger partial charge is 0.289 e. The molecule has 1 aliphatic rings. The number of para-hydroxylation sites is 1. The average molecular weight is 425 g/mol. The van der Waals surface area contributed by atoms with Crippen molar-refractivity contribution in [1.29, 1.82) is 0 Å². The normalized spacial score (nSPS) is 14.4. The number of likely N-dealkylation sites (tertiary alicyclic amines) is 1. The Hall–Kier alpha value is -3.93. The van der Waals surface area contributed by atoms with Gasteiger partial charge in [-0.1, -0.05) is 48.5 Å². The van der Waals surface area contributed by atoms with Crippen molar-refractivity contribution in [2.24, 2.45) is 0 Å². The molecule has 6 nitrogen and oxygen atoms in total. The lowest BCUT2D eigenvalue weighted by Crippen LogP contribution is -2.46. The number of furan rings is 1. The predicted molar refractivity (Wildman–Crippen MR) is 122 cm³/mol. The number of nitrogens with zero attached hydrogens (tertiary/aromatic N) is 2. The van der Waals surface area contributed by atoms with E-state index in [1.165, 1.54) is 6.26 Å². The molecule has 0 aliphatic carbocycles. The number of carbonyl (C=O) groups excluding carboxylic acids is 2. The Morgan fingerprint density at radius 3 is 2.44 bits per heavy atom. The van der Waals surface area contributed by atoms with Crippen LogP contribution in [0.3, 0.4) is 0 Å². The van der Waals surface area contributed by atoms with Crippen LogP contribution in [0.15, 0.2) is 83.5 Å². The molecule has 2 amide bonds. The van der Waals surface area contributed by atoms with Crippen LogP contribution >= 0.6 is 0 Å². The number of carbonyl (C=O) groups is 2. The maximum atomic E-state index is 13.3. The van der Waals surface area contributed by atoms with E-state index in [9.17, 15) is 9.59 Å². The van der Waals surface area contributed by atoms with Gasteiger partial charge in [0, 0.05) is 30.1 Å². The maximum Gasteiger partial charge on any atom is 0.289 e. The second-order valence-corrected chi connectivity index (χ2v) is 7.96. The number of aromatic nitrogens is 1. The first-order chi connectivity index (χ1) is 15.7. The fourth-order valence-electron chi connectivity index (χ4n) is 4.17. The zero-order valence-electron chi connectivity index (χ0n) is 17.5. The molecule has 1 fully saturated rings. The van der Waals surface area contributed by atoms with Gasteiger partial charge in [-0.05, 0) is 37.1 Å². The van der Waals surface area contributed by atoms with E-state index < -0.39 is 0 Å². The van der Waals surface area contributed by atoms with Gasteiger partial charge in [-0.2, -0.15) is 0 Å². The molecular weight excluding hydrogens is 402 g/mol. The fraction of sp³-hybridized carbons (Fsp3) is 0.192. The SMILES string of the molecule is O=C(NC1CCN(C(=O)c2ccco2)CC1)c1cc(-c2ccccc2)nc2ccccc12. The van der Waals surface area contributed by atoms with Crippen LogP contribution in [0.5, 0.6) is 0 Å². The zero-order valence-corrected chi connectivity index (χ0v) is 17.5. The van der Waals surface area contributed by atoms with E-state index in [4.69, 9.17) is 9.40 Å². The highest BCUT2D eigenvalue weighted by Gasteiger charge is 2.26. The minimum atomic E-state index is -0.114. The highest BCUT2D eigenvalue weighted by Crippen LogP contribution is 2.25. The van der Waals surface area contributed by atoms with Gasteiger partial charge in [0.2, 0.25) is 0 Å². The van der Waals surface area contributed by atoms with Crippen LogP contribution in [0.1, 0.15) is 33.8 Å². The van der Waals surface area contributed by atoms with Crippen molar-refractivity contribution in [3.63, 3.8) is 0 Å². The van der Waals surface area contributed by atoms with Gasteiger partial charge in [0.25, 0.3) is 11.8 Å². The molecule has 1 aliphatic heterocycles. The third-order valence-corrected chi connectivity index (χ3v) is 5.88. The summed E-state index contributed by atoms with van der Waals surface area (Å²) in [5.74, 6) is 0.133. The van der Waals surface area contributed by atoms with E-state index in [1.807, 2.05) is 60.7 Å². The molecule has 1 N–H and O–H groups in total. The van der Waals surface area contributed by atoms with E-state index in [1.54, 1.807) is 17.0 Å². The second kappa shape index (κ2) is 8.67. The molecule has 5 rings (SSSR count). The van der Waals surface area contributed by atoms with Crippen molar-refractivity contribution in [1.82, 2.24) is 15.2 Å². The monoisotopic (exact) mass is 425 g/mol. The number of hydrogen-bond donors (Lipinski definition) is 1. The number of fused-ring (bicyclic) bond motifs is 1. The van der Waals surface area contributed by atoms with Crippen molar-refractivity contribution in [3.8, 4) is 11.3 Å². The molecule has 32 heavy (non-hydrogen) atoms. The summed E-state index contributed by atoms with van der Waals surface area (Å²) in [6.07, 6.45) is 2.91. The van der Waals surface area contributed by atoms with Gasteiger partial charge in [-0.3, -0.25) is 9.59 Å². The number of benzene rings is 2. The van der Waals surface area contributed by atoms with Crippen molar-refractivity contribution < 1.29 is 14.0 Å². The van der Waals surface area contributed by atoms with Crippen LogP contribution in [-0.2, 0) is 0 Å². The molecule has 0 spiro atoms. The molecule has 0 unspecified atom stereocenters. The van der Waals surface area contributed by atoms with E-state index >= 15 is 0 Å². The first-order valence-electron chi connectivity index (χ1n) is 10.8. The van der Waals surface area contributed by atoms with Gasteiger partial charge >= 0.3 is 0 Å². The highest BCUT2D eigenvalue weighted by atomic mass is 16.3. The summed E-state index contributed by atoms with van der Waals surface area (Å²) >= 11 is 0. The molecule has 1 saturated heterocycles.